The van der Waals surface area contributed by atoms with Gasteiger partial charge in [0.1, 0.15) is 0 Å². The molecule has 1 aliphatic rings. The summed E-state index contributed by atoms with van der Waals surface area (Å²) in [6.07, 6.45) is 2.53. The second kappa shape index (κ2) is 4.96. The summed E-state index contributed by atoms with van der Waals surface area (Å²) in [7, 11) is 0. The lowest BCUT2D eigenvalue weighted by Gasteiger charge is -2.33. The highest BCUT2D eigenvalue weighted by molar-refractivity contribution is 9.11. The Kier molecular flexibility index (Phi) is 3.80. The second-order valence-corrected chi connectivity index (χ2v) is 6.21. The summed E-state index contributed by atoms with van der Waals surface area (Å²) in [5.74, 6) is 0.850. The van der Waals surface area contributed by atoms with Crippen molar-refractivity contribution in [1.82, 2.24) is 0 Å². The molecule has 2 nitrogen and oxygen atoms in total. The first kappa shape index (κ1) is 12.2. The van der Waals surface area contributed by atoms with E-state index < -0.39 is 0 Å². The normalized spacial score (nSPS) is 17.8. The Hall–Kier alpha value is -0.220. The molecule has 0 amide bonds. The van der Waals surface area contributed by atoms with Crippen molar-refractivity contribution in [2.24, 2.45) is 5.92 Å². The van der Waals surface area contributed by atoms with Gasteiger partial charge in [-0.2, -0.15) is 0 Å². The number of benzene rings is 1. The first-order chi connectivity index (χ1) is 7.58. The summed E-state index contributed by atoms with van der Waals surface area (Å²) < 4.78 is 2.16. The minimum absolute atomic E-state index is 0.785. The number of hydrogen-bond acceptors (Lipinski definition) is 2. The molecule has 0 radical (unpaired) electrons. The summed E-state index contributed by atoms with van der Waals surface area (Å²) in [5, 5.41) is 0. The molecule has 2 rings (SSSR count). The van der Waals surface area contributed by atoms with Crippen LogP contribution < -0.4 is 10.6 Å². The molecule has 0 aliphatic carbocycles. The molecule has 4 heteroatoms. The number of rotatable bonds is 1. The topological polar surface area (TPSA) is 29.3 Å². The molecule has 2 N–H and O–H groups in total. The van der Waals surface area contributed by atoms with Crippen molar-refractivity contribution in [1.29, 1.82) is 0 Å². The molecule has 0 spiro atoms. The monoisotopic (exact) mass is 346 g/mol. The zero-order valence-electron chi connectivity index (χ0n) is 9.34. The molecule has 16 heavy (non-hydrogen) atoms. The lowest BCUT2D eigenvalue weighted by Crippen LogP contribution is -2.33. The molecule has 88 valence electrons. The summed E-state index contributed by atoms with van der Waals surface area (Å²) in [5.41, 5.74) is 7.82. The molecule has 0 saturated carbocycles. The van der Waals surface area contributed by atoms with Gasteiger partial charge in [-0.3, -0.25) is 0 Å². The zero-order chi connectivity index (χ0) is 11.7. The molecule has 1 aliphatic heterocycles. The first-order valence-electron chi connectivity index (χ1n) is 5.57. The first-order valence-corrected chi connectivity index (χ1v) is 7.16. The standard InChI is InChI=1S/C12H16Br2N2/c1-8-2-4-16(5-3-8)12-10(13)6-9(15)7-11(12)14/h6-8H,2-5,15H2,1H3. The van der Waals surface area contributed by atoms with Crippen molar-refractivity contribution in [3.63, 3.8) is 0 Å². The fourth-order valence-electron chi connectivity index (χ4n) is 2.12. The predicted octanol–water partition coefficient (Wildman–Crippen LogP) is 4.03. The van der Waals surface area contributed by atoms with Crippen molar-refractivity contribution >= 4 is 43.2 Å². The number of nitrogen functional groups attached to an aromatic ring is 1. The lowest BCUT2D eigenvalue weighted by atomic mass is 9.99. The summed E-state index contributed by atoms with van der Waals surface area (Å²) >= 11 is 7.19. The largest absolute Gasteiger partial charge is 0.399 e. The van der Waals surface area contributed by atoms with Gasteiger partial charge in [0.2, 0.25) is 0 Å². The van der Waals surface area contributed by atoms with E-state index in [0.29, 0.717) is 0 Å². The van der Waals surface area contributed by atoms with E-state index in [1.165, 1.54) is 18.5 Å². The lowest BCUT2D eigenvalue weighted by molar-refractivity contribution is 0.438. The van der Waals surface area contributed by atoms with Gasteiger partial charge in [-0.25, -0.2) is 0 Å². The maximum atomic E-state index is 5.80. The van der Waals surface area contributed by atoms with Crippen molar-refractivity contribution in [2.75, 3.05) is 23.7 Å². The molecule has 1 aromatic carbocycles. The fraction of sp³-hybridized carbons (Fsp3) is 0.500. The minimum Gasteiger partial charge on any atom is -0.399 e. The number of piperidine rings is 1. The van der Waals surface area contributed by atoms with Crippen LogP contribution in [0.15, 0.2) is 21.1 Å². The van der Waals surface area contributed by atoms with Crippen LogP contribution in [0.5, 0.6) is 0 Å². The van der Waals surface area contributed by atoms with E-state index in [2.05, 4.69) is 43.7 Å². The Balaban J connectivity index is 2.26. The minimum atomic E-state index is 0.785. The van der Waals surface area contributed by atoms with Crippen molar-refractivity contribution in [3.8, 4) is 0 Å². The van der Waals surface area contributed by atoms with Gasteiger partial charge in [0, 0.05) is 27.7 Å². The second-order valence-electron chi connectivity index (χ2n) is 4.50. The summed E-state index contributed by atoms with van der Waals surface area (Å²) in [6, 6.07) is 3.94. The van der Waals surface area contributed by atoms with E-state index in [1.807, 2.05) is 12.1 Å². The molecule has 1 saturated heterocycles. The molecule has 0 aromatic heterocycles. The third-order valence-corrected chi connectivity index (χ3v) is 4.35. The maximum absolute atomic E-state index is 5.80. The van der Waals surface area contributed by atoms with Gasteiger partial charge in [0.15, 0.2) is 0 Å². The fourth-order valence-corrected chi connectivity index (χ4v) is 3.84. The zero-order valence-corrected chi connectivity index (χ0v) is 12.5. The van der Waals surface area contributed by atoms with Crippen LogP contribution >= 0.6 is 31.9 Å². The smallest absolute Gasteiger partial charge is 0.0656 e. The predicted molar refractivity (Wildman–Crippen MR) is 76.9 cm³/mol. The van der Waals surface area contributed by atoms with Gasteiger partial charge in [-0.05, 0) is 62.8 Å². The Morgan fingerprint density at radius 1 is 1.19 bits per heavy atom. The van der Waals surface area contributed by atoms with Crippen LogP contribution in [0.2, 0.25) is 0 Å². The van der Waals surface area contributed by atoms with Crippen LogP contribution in [0.4, 0.5) is 11.4 Å². The number of hydrogen-bond donors (Lipinski definition) is 1. The Morgan fingerprint density at radius 3 is 2.19 bits per heavy atom. The van der Waals surface area contributed by atoms with E-state index in [-0.39, 0.29) is 0 Å². The van der Waals surface area contributed by atoms with E-state index >= 15 is 0 Å². The Bertz CT molecular complexity index is 362. The highest BCUT2D eigenvalue weighted by Gasteiger charge is 2.20. The van der Waals surface area contributed by atoms with Gasteiger partial charge < -0.3 is 10.6 Å². The van der Waals surface area contributed by atoms with Crippen molar-refractivity contribution in [2.45, 2.75) is 19.8 Å². The number of halogens is 2. The van der Waals surface area contributed by atoms with Gasteiger partial charge in [-0.1, -0.05) is 6.92 Å². The average molecular weight is 348 g/mol. The van der Waals surface area contributed by atoms with Crippen LogP contribution in [0.3, 0.4) is 0 Å². The van der Waals surface area contributed by atoms with E-state index in [4.69, 9.17) is 5.73 Å². The van der Waals surface area contributed by atoms with Gasteiger partial charge in [0.05, 0.1) is 5.69 Å². The molecule has 1 aromatic rings. The van der Waals surface area contributed by atoms with Crippen molar-refractivity contribution < 1.29 is 0 Å². The Labute approximate surface area is 113 Å². The summed E-state index contributed by atoms with van der Waals surface area (Å²) in [4.78, 5) is 2.42. The third kappa shape index (κ3) is 2.54. The Morgan fingerprint density at radius 2 is 1.69 bits per heavy atom. The maximum Gasteiger partial charge on any atom is 0.0656 e. The van der Waals surface area contributed by atoms with Crippen LogP contribution in [0.25, 0.3) is 0 Å². The van der Waals surface area contributed by atoms with Crippen LogP contribution in [-0.2, 0) is 0 Å². The van der Waals surface area contributed by atoms with E-state index in [0.717, 1.165) is 33.6 Å². The third-order valence-electron chi connectivity index (χ3n) is 3.14. The molecule has 0 unspecified atom stereocenters. The van der Waals surface area contributed by atoms with Crippen LogP contribution in [0.1, 0.15) is 19.8 Å². The molecule has 0 atom stereocenters. The van der Waals surface area contributed by atoms with Gasteiger partial charge in [0.25, 0.3) is 0 Å². The summed E-state index contributed by atoms with van der Waals surface area (Å²) in [6.45, 7) is 4.58. The molecule has 1 heterocycles. The highest BCUT2D eigenvalue weighted by atomic mass is 79.9. The van der Waals surface area contributed by atoms with E-state index in [1.54, 1.807) is 0 Å². The number of anilines is 2. The van der Waals surface area contributed by atoms with Gasteiger partial charge >= 0.3 is 0 Å². The number of nitrogens with two attached hydrogens (primary N) is 1. The van der Waals surface area contributed by atoms with Crippen LogP contribution in [-0.4, -0.2) is 13.1 Å². The molecular formula is C12H16Br2N2. The van der Waals surface area contributed by atoms with Gasteiger partial charge in [-0.15, -0.1) is 0 Å². The number of nitrogens with zero attached hydrogens (tertiary/aromatic N) is 1. The van der Waals surface area contributed by atoms with Crippen molar-refractivity contribution in [3.05, 3.63) is 21.1 Å². The SMILES string of the molecule is CC1CCN(c2c(Br)cc(N)cc2Br)CC1. The molecule has 0 bridgehead atoms. The average Bonchev–Trinajstić information content (AvgIpc) is 2.19. The molecule has 1 fully saturated rings. The van der Waals surface area contributed by atoms with Crippen LogP contribution in [0, 0.1) is 5.92 Å². The van der Waals surface area contributed by atoms with E-state index in [9.17, 15) is 0 Å². The quantitative estimate of drug-likeness (QED) is 0.777. The molecular weight excluding hydrogens is 332 g/mol. The highest BCUT2D eigenvalue weighted by Crippen LogP contribution is 2.38.